The highest BCUT2D eigenvalue weighted by atomic mass is 35.5. The van der Waals surface area contributed by atoms with Crippen molar-refractivity contribution >= 4 is 23.2 Å². The highest BCUT2D eigenvalue weighted by Gasteiger charge is 2.07. The maximum absolute atomic E-state index is 11.6. The Morgan fingerprint density at radius 3 is 2.38 bits per heavy atom. The zero-order valence-electron chi connectivity index (χ0n) is 10.1. The van der Waals surface area contributed by atoms with E-state index in [1.807, 2.05) is 26.0 Å². The third-order valence-corrected chi connectivity index (χ3v) is 2.74. The molecule has 0 bridgehead atoms. The van der Waals surface area contributed by atoms with Gasteiger partial charge in [0.2, 0.25) is 5.91 Å². The van der Waals surface area contributed by atoms with Gasteiger partial charge in [-0.1, -0.05) is 24.9 Å². The lowest BCUT2D eigenvalue weighted by atomic mass is 10.1. The molecule has 1 aromatic carbocycles. The van der Waals surface area contributed by atoms with Gasteiger partial charge in [-0.05, 0) is 43.5 Å². The van der Waals surface area contributed by atoms with E-state index in [2.05, 4.69) is 12.2 Å². The van der Waals surface area contributed by atoms with E-state index in [4.69, 9.17) is 11.6 Å². The molecular weight excluding hydrogens is 222 g/mol. The number of benzene rings is 1. The number of halogens is 1. The first-order valence-corrected chi connectivity index (χ1v) is 5.99. The average molecular weight is 240 g/mol. The zero-order chi connectivity index (χ0) is 12.1. The molecular formula is C13H18ClNO. The minimum absolute atomic E-state index is 0.0790. The summed E-state index contributed by atoms with van der Waals surface area (Å²) in [6.45, 7) is 5.98. The summed E-state index contributed by atoms with van der Waals surface area (Å²) < 4.78 is 0. The van der Waals surface area contributed by atoms with E-state index < -0.39 is 0 Å². The first-order valence-electron chi connectivity index (χ1n) is 5.61. The van der Waals surface area contributed by atoms with Gasteiger partial charge in [-0.3, -0.25) is 4.79 Å². The summed E-state index contributed by atoms with van der Waals surface area (Å²) >= 11 is 5.93. The van der Waals surface area contributed by atoms with Crippen molar-refractivity contribution < 1.29 is 4.79 Å². The Bertz CT molecular complexity index is 365. The summed E-state index contributed by atoms with van der Waals surface area (Å²) in [5.41, 5.74) is 2.91. The average Bonchev–Trinajstić information content (AvgIpc) is 2.20. The number of aryl methyl sites for hydroxylation is 2. The number of nitrogens with one attached hydrogen (secondary N) is 1. The Morgan fingerprint density at radius 1 is 1.31 bits per heavy atom. The SMILES string of the molecule is CCCCC(=O)Nc1c(C)cc(Cl)cc1C. The molecule has 0 heterocycles. The van der Waals surface area contributed by atoms with Gasteiger partial charge in [0.1, 0.15) is 0 Å². The third-order valence-electron chi connectivity index (χ3n) is 2.52. The van der Waals surface area contributed by atoms with Gasteiger partial charge in [0.15, 0.2) is 0 Å². The van der Waals surface area contributed by atoms with Crippen LogP contribution in [0.4, 0.5) is 5.69 Å². The number of carbonyl (C=O) groups is 1. The second-order valence-corrected chi connectivity index (χ2v) is 4.50. The van der Waals surface area contributed by atoms with Gasteiger partial charge in [0.05, 0.1) is 0 Å². The van der Waals surface area contributed by atoms with Crippen LogP contribution in [0.15, 0.2) is 12.1 Å². The number of amides is 1. The maximum atomic E-state index is 11.6. The van der Waals surface area contributed by atoms with E-state index in [0.717, 1.165) is 29.7 Å². The lowest BCUT2D eigenvalue weighted by molar-refractivity contribution is -0.116. The number of anilines is 1. The molecule has 0 aromatic heterocycles. The van der Waals surface area contributed by atoms with Crippen molar-refractivity contribution in [2.75, 3.05) is 5.32 Å². The molecule has 0 aliphatic carbocycles. The summed E-state index contributed by atoms with van der Waals surface area (Å²) in [6.07, 6.45) is 2.54. The van der Waals surface area contributed by atoms with E-state index in [0.29, 0.717) is 11.4 Å². The number of hydrogen-bond acceptors (Lipinski definition) is 1. The maximum Gasteiger partial charge on any atom is 0.224 e. The minimum atomic E-state index is 0.0790. The van der Waals surface area contributed by atoms with Crippen LogP contribution in [-0.4, -0.2) is 5.91 Å². The Balaban J connectivity index is 2.77. The normalized spacial score (nSPS) is 10.2. The van der Waals surface area contributed by atoms with Gasteiger partial charge >= 0.3 is 0 Å². The second kappa shape index (κ2) is 5.90. The van der Waals surface area contributed by atoms with Crippen molar-refractivity contribution in [2.45, 2.75) is 40.0 Å². The first-order chi connectivity index (χ1) is 7.54. The molecule has 0 radical (unpaired) electrons. The Labute approximate surface area is 102 Å². The van der Waals surface area contributed by atoms with Crippen LogP contribution in [0.3, 0.4) is 0 Å². The first kappa shape index (κ1) is 13.0. The van der Waals surface area contributed by atoms with Crippen LogP contribution >= 0.6 is 11.6 Å². The molecule has 16 heavy (non-hydrogen) atoms. The third kappa shape index (κ3) is 3.53. The topological polar surface area (TPSA) is 29.1 Å². The molecule has 88 valence electrons. The number of unbranched alkanes of at least 4 members (excludes halogenated alkanes) is 1. The molecule has 0 unspecified atom stereocenters. The molecule has 1 rings (SSSR count). The van der Waals surface area contributed by atoms with Gasteiger partial charge in [-0.2, -0.15) is 0 Å². The molecule has 0 aliphatic rings. The molecule has 0 saturated heterocycles. The molecule has 0 atom stereocenters. The second-order valence-electron chi connectivity index (χ2n) is 4.07. The van der Waals surface area contributed by atoms with E-state index in [9.17, 15) is 4.79 Å². The monoisotopic (exact) mass is 239 g/mol. The van der Waals surface area contributed by atoms with Crippen molar-refractivity contribution in [2.24, 2.45) is 0 Å². The van der Waals surface area contributed by atoms with Crippen molar-refractivity contribution in [3.05, 3.63) is 28.3 Å². The molecule has 0 saturated carbocycles. The van der Waals surface area contributed by atoms with Crippen LogP contribution in [0.5, 0.6) is 0 Å². The van der Waals surface area contributed by atoms with Crippen LogP contribution in [0, 0.1) is 13.8 Å². The number of rotatable bonds is 4. The van der Waals surface area contributed by atoms with Crippen LogP contribution < -0.4 is 5.32 Å². The van der Waals surface area contributed by atoms with Gasteiger partial charge in [-0.15, -0.1) is 0 Å². The fourth-order valence-electron chi connectivity index (χ4n) is 1.65. The van der Waals surface area contributed by atoms with E-state index in [-0.39, 0.29) is 5.91 Å². The lowest BCUT2D eigenvalue weighted by Gasteiger charge is -2.12. The fourth-order valence-corrected chi connectivity index (χ4v) is 1.97. The van der Waals surface area contributed by atoms with Crippen molar-refractivity contribution in [1.29, 1.82) is 0 Å². The standard InChI is InChI=1S/C13H18ClNO/c1-4-5-6-12(16)15-13-9(2)7-11(14)8-10(13)3/h7-8H,4-6H2,1-3H3,(H,15,16). The molecule has 0 aliphatic heterocycles. The predicted octanol–water partition coefficient (Wildman–Crippen LogP) is 4.09. The number of hydrogen-bond donors (Lipinski definition) is 1. The van der Waals surface area contributed by atoms with Crippen molar-refractivity contribution in [1.82, 2.24) is 0 Å². The van der Waals surface area contributed by atoms with E-state index in [1.54, 1.807) is 0 Å². The molecule has 0 spiro atoms. The van der Waals surface area contributed by atoms with Crippen LogP contribution in [-0.2, 0) is 4.79 Å². The van der Waals surface area contributed by atoms with Crippen molar-refractivity contribution in [3.8, 4) is 0 Å². The summed E-state index contributed by atoms with van der Waals surface area (Å²) in [5, 5.41) is 3.65. The lowest BCUT2D eigenvalue weighted by Crippen LogP contribution is -2.13. The molecule has 2 nitrogen and oxygen atoms in total. The summed E-state index contributed by atoms with van der Waals surface area (Å²) in [5.74, 6) is 0.0790. The summed E-state index contributed by atoms with van der Waals surface area (Å²) in [6, 6.07) is 3.73. The molecule has 0 fully saturated rings. The number of carbonyl (C=O) groups excluding carboxylic acids is 1. The Hall–Kier alpha value is -1.02. The molecule has 3 heteroatoms. The van der Waals surface area contributed by atoms with Gasteiger partial charge < -0.3 is 5.32 Å². The summed E-state index contributed by atoms with van der Waals surface area (Å²) in [7, 11) is 0. The van der Waals surface area contributed by atoms with Crippen molar-refractivity contribution in [3.63, 3.8) is 0 Å². The van der Waals surface area contributed by atoms with Crippen LogP contribution in [0.25, 0.3) is 0 Å². The minimum Gasteiger partial charge on any atom is -0.326 e. The smallest absolute Gasteiger partial charge is 0.224 e. The molecule has 1 N–H and O–H groups in total. The largest absolute Gasteiger partial charge is 0.326 e. The highest BCUT2D eigenvalue weighted by molar-refractivity contribution is 6.30. The predicted molar refractivity (Wildman–Crippen MR) is 69.1 cm³/mol. The summed E-state index contributed by atoms with van der Waals surface area (Å²) in [4.78, 5) is 11.6. The van der Waals surface area contributed by atoms with Crippen LogP contribution in [0.2, 0.25) is 5.02 Å². The molecule has 1 amide bonds. The van der Waals surface area contributed by atoms with Crippen LogP contribution in [0.1, 0.15) is 37.3 Å². The van der Waals surface area contributed by atoms with E-state index in [1.165, 1.54) is 0 Å². The Kier molecular flexibility index (Phi) is 4.81. The highest BCUT2D eigenvalue weighted by Crippen LogP contribution is 2.24. The Morgan fingerprint density at radius 2 is 1.88 bits per heavy atom. The zero-order valence-corrected chi connectivity index (χ0v) is 10.8. The van der Waals surface area contributed by atoms with Gasteiger partial charge in [0.25, 0.3) is 0 Å². The quantitative estimate of drug-likeness (QED) is 0.843. The molecule has 1 aromatic rings. The van der Waals surface area contributed by atoms with Gasteiger partial charge in [-0.25, -0.2) is 0 Å². The van der Waals surface area contributed by atoms with Gasteiger partial charge in [0, 0.05) is 17.1 Å². The van der Waals surface area contributed by atoms with E-state index >= 15 is 0 Å². The fraction of sp³-hybridized carbons (Fsp3) is 0.462.